The number of hydrogen-bond donors (Lipinski definition) is 3. The lowest BCUT2D eigenvalue weighted by Crippen LogP contribution is -2.48. The Kier molecular flexibility index (Phi) is 6.92. The second-order valence-electron chi connectivity index (χ2n) is 7.35. The molecule has 2 unspecified atom stereocenters. The van der Waals surface area contributed by atoms with Crippen LogP contribution in [0, 0.1) is 0 Å². The average Bonchev–Trinajstić information content (AvgIpc) is 3.01. The molecular weight excluding hydrogens is 400 g/mol. The number of nitrogens with one attached hydrogen (secondary N) is 3. The Labute approximate surface area is 174 Å². The van der Waals surface area contributed by atoms with Crippen molar-refractivity contribution in [3.8, 4) is 5.75 Å². The first-order valence-electron chi connectivity index (χ1n) is 9.54. The van der Waals surface area contributed by atoms with Crippen LogP contribution in [0.15, 0.2) is 48.5 Å². The highest BCUT2D eigenvalue weighted by molar-refractivity contribution is 6.00. The highest BCUT2D eigenvalue weighted by Gasteiger charge is 2.34. The number of halogens is 3. The van der Waals surface area contributed by atoms with E-state index in [0.29, 0.717) is 29.0 Å². The zero-order valence-electron chi connectivity index (χ0n) is 15.7. The van der Waals surface area contributed by atoms with Gasteiger partial charge in [0.2, 0.25) is 0 Å². The van der Waals surface area contributed by atoms with Crippen molar-refractivity contribution in [2.45, 2.75) is 50.4 Å². The molecule has 8 heteroatoms. The van der Waals surface area contributed by atoms with E-state index in [1.165, 1.54) is 25.0 Å². The number of alkyl halides is 2. The van der Waals surface area contributed by atoms with E-state index in [2.05, 4.69) is 20.7 Å². The van der Waals surface area contributed by atoms with Crippen LogP contribution in [-0.4, -0.2) is 30.6 Å². The van der Waals surface area contributed by atoms with Crippen molar-refractivity contribution in [3.63, 3.8) is 0 Å². The van der Waals surface area contributed by atoms with Crippen LogP contribution < -0.4 is 20.7 Å². The summed E-state index contributed by atoms with van der Waals surface area (Å²) >= 11 is 0. The molecule has 2 aliphatic heterocycles. The molecule has 156 valence electrons. The van der Waals surface area contributed by atoms with Gasteiger partial charge in [-0.2, -0.15) is 8.78 Å². The summed E-state index contributed by atoms with van der Waals surface area (Å²) in [6.45, 7) is -2.85. The van der Waals surface area contributed by atoms with Gasteiger partial charge < -0.3 is 20.7 Å². The van der Waals surface area contributed by atoms with Crippen LogP contribution in [0.2, 0.25) is 0 Å². The minimum atomic E-state index is -2.85. The maximum atomic E-state index is 12.9. The fourth-order valence-corrected chi connectivity index (χ4v) is 4.10. The van der Waals surface area contributed by atoms with Crippen molar-refractivity contribution in [2.24, 2.45) is 0 Å². The lowest BCUT2D eigenvalue weighted by atomic mass is 9.99. The van der Waals surface area contributed by atoms with Crippen molar-refractivity contribution in [1.82, 2.24) is 10.6 Å². The fourth-order valence-electron chi connectivity index (χ4n) is 4.10. The van der Waals surface area contributed by atoms with E-state index in [1.54, 1.807) is 18.2 Å². The standard InChI is InChI=1S/C21H23F2N3O2.ClH/c22-21(23)28-17-9-7-13(8-10-17)25-19-4-2-1-3-18(19)20(27)26-16-11-14-5-6-15(12-16)24-14;/h1-4,7-10,14-16,21,24-25H,5-6,11-12H2,(H,26,27);1H. The van der Waals surface area contributed by atoms with Crippen LogP contribution in [0.5, 0.6) is 5.75 Å². The highest BCUT2D eigenvalue weighted by atomic mass is 35.5. The second-order valence-corrected chi connectivity index (χ2v) is 7.35. The zero-order valence-corrected chi connectivity index (χ0v) is 16.6. The normalized spacial score (nSPS) is 22.7. The highest BCUT2D eigenvalue weighted by Crippen LogP contribution is 2.28. The van der Waals surface area contributed by atoms with Gasteiger partial charge in [0.15, 0.2) is 0 Å². The van der Waals surface area contributed by atoms with Crippen LogP contribution in [0.4, 0.5) is 20.2 Å². The number of ether oxygens (including phenoxy) is 1. The quantitative estimate of drug-likeness (QED) is 0.641. The molecule has 2 heterocycles. The van der Waals surface area contributed by atoms with Crippen LogP contribution in [0.1, 0.15) is 36.0 Å². The number of para-hydroxylation sites is 1. The summed E-state index contributed by atoms with van der Waals surface area (Å²) in [4.78, 5) is 12.9. The van der Waals surface area contributed by atoms with Crippen LogP contribution in [0.3, 0.4) is 0 Å². The van der Waals surface area contributed by atoms with E-state index >= 15 is 0 Å². The van der Waals surface area contributed by atoms with E-state index in [9.17, 15) is 13.6 Å². The van der Waals surface area contributed by atoms with Gasteiger partial charge in [0.05, 0.1) is 11.3 Å². The largest absolute Gasteiger partial charge is 0.435 e. The second kappa shape index (κ2) is 9.41. The predicted octanol–water partition coefficient (Wildman–Crippen LogP) is 4.47. The Hall–Kier alpha value is -2.38. The molecule has 4 rings (SSSR count). The molecule has 0 aliphatic carbocycles. The number of fused-ring (bicyclic) bond motifs is 2. The molecule has 2 bridgehead atoms. The van der Waals surface area contributed by atoms with E-state index in [0.717, 1.165) is 12.8 Å². The number of piperidine rings is 1. The summed E-state index contributed by atoms with van der Waals surface area (Å²) < 4.78 is 28.9. The number of rotatable bonds is 6. The van der Waals surface area contributed by atoms with Crippen molar-refractivity contribution >= 4 is 29.7 Å². The topological polar surface area (TPSA) is 62.4 Å². The zero-order chi connectivity index (χ0) is 19.5. The van der Waals surface area contributed by atoms with Crippen molar-refractivity contribution in [3.05, 3.63) is 54.1 Å². The molecule has 2 saturated heterocycles. The van der Waals surface area contributed by atoms with Gasteiger partial charge in [0.25, 0.3) is 5.91 Å². The fraction of sp³-hybridized carbons (Fsp3) is 0.381. The third-order valence-corrected chi connectivity index (χ3v) is 5.34. The van der Waals surface area contributed by atoms with Crippen molar-refractivity contribution < 1.29 is 18.3 Å². The van der Waals surface area contributed by atoms with Crippen LogP contribution in [-0.2, 0) is 0 Å². The Balaban J connectivity index is 0.00000240. The van der Waals surface area contributed by atoms with Gasteiger partial charge >= 0.3 is 6.61 Å². The number of anilines is 2. The number of carbonyl (C=O) groups is 1. The lowest BCUT2D eigenvalue weighted by Gasteiger charge is -2.30. The van der Waals surface area contributed by atoms with Gasteiger partial charge in [-0.3, -0.25) is 4.79 Å². The Morgan fingerprint density at radius 2 is 1.69 bits per heavy atom. The van der Waals surface area contributed by atoms with E-state index in [1.807, 2.05) is 18.2 Å². The first kappa shape index (κ1) is 21.3. The molecule has 0 aromatic heterocycles. The minimum absolute atomic E-state index is 0. The van der Waals surface area contributed by atoms with Crippen molar-refractivity contribution in [2.75, 3.05) is 5.32 Å². The predicted molar refractivity (Wildman–Crippen MR) is 110 cm³/mol. The van der Waals surface area contributed by atoms with Gasteiger partial charge in [-0.25, -0.2) is 0 Å². The van der Waals surface area contributed by atoms with Gasteiger partial charge in [-0.15, -0.1) is 12.4 Å². The van der Waals surface area contributed by atoms with E-state index in [4.69, 9.17) is 0 Å². The number of carbonyl (C=O) groups excluding carboxylic acids is 1. The Morgan fingerprint density at radius 3 is 2.34 bits per heavy atom. The monoisotopic (exact) mass is 423 g/mol. The minimum Gasteiger partial charge on any atom is -0.435 e. The number of hydrogen-bond acceptors (Lipinski definition) is 4. The van der Waals surface area contributed by atoms with E-state index in [-0.39, 0.29) is 30.1 Å². The Morgan fingerprint density at radius 1 is 1.03 bits per heavy atom. The molecule has 2 aromatic carbocycles. The molecule has 3 N–H and O–H groups in total. The molecule has 0 radical (unpaired) electrons. The molecule has 2 aromatic rings. The molecule has 5 nitrogen and oxygen atoms in total. The molecule has 0 saturated carbocycles. The van der Waals surface area contributed by atoms with Crippen LogP contribution >= 0.6 is 12.4 Å². The molecule has 1 amide bonds. The molecule has 2 aliphatic rings. The summed E-state index contributed by atoms with van der Waals surface area (Å²) in [5.74, 6) is -0.0147. The lowest BCUT2D eigenvalue weighted by molar-refractivity contribution is -0.0498. The van der Waals surface area contributed by atoms with Gasteiger partial charge in [0.1, 0.15) is 5.75 Å². The van der Waals surface area contributed by atoms with Crippen LogP contribution in [0.25, 0.3) is 0 Å². The summed E-state index contributed by atoms with van der Waals surface area (Å²) in [5, 5.41) is 9.93. The Bertz CT molecular complexity index is 823. The number of amides is 1. The maximum Gasteiger partial charge on any atom is 0.387 e. The van der Waals surface area contributed by atoms with Gasteiger partial charge in [-0.1, -0.05) is 12.1 Å². The third kappa shape index (κ3) is 5.36. The van der Waals surface area contributed by atoms with Gasteiger partial charge in [0, 0.05) is 23.8 Å². The smallest absolute Gasteiger partial charge is 0.387 e. The first-order chi connectivity index (χ1) is 13.6. The maximum absolute atomic E-state index is 12.9. The summed E-state index contributed by atoms with van der Waals surface area (Å²) in [6.07, 6.45) is 4.29. The first-order valence-corrected chi connectivity index (χ1v) is 9.54. The average molecular weight is 424 g/mol. The SMILES string of the molecule is Cl.O=C(NC1CC2CCC(C1)N2)c1ccccc1Nc1ccc(OC(F)F)cc1. The number of benzene rings is 2. The molecule has 29 heavy (non-hydrogen) atoms. The molecule has 2 fully saturated rings. The van der Waals surface area contributed by atoms with E-state index < -0.39 is 6.61 Å². The molecular formula is C21H24ClF2N3O2. The third-order valence-electron chi connectivity index (χ3n) is 5.34. The van der Waals surface area contributed by atoms with Crippen molar-refractivity contribution in [1.29, 1.82) is 0 Å². The summed E-state index contributed by atoms with van der Waals surface area (Å²) in [6, 6.07) is 14.7. The van der Waals surface area contributed by atoms with Gasteiger partial charge in [-0.05, 0) is 62.1 Å². The summed E-state index contributed by atoms with van der Waals surface area (Å²) in [7, 11) is 0. The molecule has 0 spiro atoms. The molecule has 2 atom stereocenters. The summed E-state index contributed by atoms with van der Waals surface area (Å²) in [5.41, 5.74) is 1.91.